The largest absolute Gasteiger partial charge is 0.353 e. The average molecular weight is 364 g/mol. The second-order valence-corrected chi connectivity index (χ2v) is 9.43. The van der Waals surface area contributed by atoms with Crippen molar-refractivity contribution < 1.29 is 4.79 Å². The van der Waals surface area contributed by atoms with Gasteiger partial charge in [-0.15, -0.1) is 0 Å². The van der Waals surface area contributed by atoms with Crippen LogP contribution in [0.2, 0.25) is 0 Å². The number of rotatable bonds is 4. The molecule has 5 nitrogen and oxygen atoms in total. The topological polar surface area (TPSA) is 64.0 Å². The third-order valence-corrected chi connectivity index (χ3v) is 6.38. The maximum Gasteiger partial charge on any atom is 0.254 e. The van der Waals surface area contributed by atoms with Crippen LogP contribution in [0.4, 0.5) is 0 Å². The van der Waals surface area contributed by atoms with E-state index in [2.05, 4.69) is 31.1 Å². The van der Waals surface area contributed by atoms with E-state index >= 15 is 0 Å². The van der Waals surface area contributed by atoms with Gasteiger partial charge in [0.2, 0.25) is 5.91 Å². The van der Waals surface area contributed by atoms with Crippen LogP contribution in [0.15, 0.2) is 16.0 Å². The van der Waals surface area contributed by atoms with Gasteiger partial charge in [0.05, 0.1) is 6.04 Å². The molecule has 138 valence electrons. The van der Waals surface area contributed by atoms with Crippen molar-refractivity contribution in [2.45, 2.75) is 77.0 Å². The highest BCUT2D eigenvalue weighted by atomic mass is 32.2. The maximum absolute atomic E-state index is 12.6. The second-order valence-electron chi connectivity index (χ2n) is 8.44. The van der Waals surface area contributed by atoms with Gasteiger partial charge >= 0.3 is 0 Å². The van der Waals surface area contributed by atoms with Crippen molar-refractivity contribution in [2.24, 2.45) is 11.3 Å². The fourth-order valence-corrected chi connectivity index (χ4v) is 5.65. The van der Waals surface area contributed by atoms with Crippen LogP contribution in [0, 0.1) is 11.3 Å². The van der Waals surface area contributed by atoms with Crippen LogP contribution in [-0.2, 0) is 11.2 Å². The summed E-state index contributed by atoms with van der Waals surface area (Å²) in [7, 11) is 0. The Morgan fingerprint density at radius 2 is 2.20 bits per heavy atom. The molecule has 1 aliphatic carbocycles. The van der Waals surface area contributed by atoms with Gasteiger partial charge in [-0.2, -0.15) is 0 Å². The third kappa shape index (κ3) is 4.27. The first-order chi connectivity index (χ1) is 11.8. The molecule has 2 aliphatic rings. The van der Waals surface area contributed by atoms with Crippen LogP contribution in [0.3, 0.4) is 0 Å². The monoisotopic (exact) mass is 363 g/mol. The van der Waals surface area contributed by atoms with Crippen LogP contribution in [0.25, 0.3) is 0 Å². The molecule has 0 radical (unpaired) electrons. The molecule has 25 heavy (non-hydrogen) atoms. The highest BCUT2D eigenvalue weighted by Gasteiger charge is 2.34. The summed E-state index contributed by atoms with van der Waals surface area (Å²) in [4.78, 5) is 29.5. The van der Waals surface area contributed by atoms with Gasteiger partial charge < -0.3 is 5.32 Å². The van der Waals surface area contributed by atoms with Gasteiger partial charge in [0.1, 0.15) is 0 Å². The lowest BCUT2D eigenvalue weighted by Crippen LogP contribution is -2.43. The summed E-state index contributed by atoms with van der Waals surface area (Å²) in [6.45, 7) is 8.82. The number of nitrogens with one attached hydrogen (secondary N) is 1. The molecule has 1 aromatic rings. The Morgan fingerprint density at radius 3 is 2.88 bits per heavy atom. The molecule has 3 atom stereocenters. The number of aryl methyl sites for hydroxylation is 1. The predicted octanol–water partition coefficient (Wildman–Crippen LogP) is 3.17. The predicted molar refractivity (Wildman–Crippen MR) is 101 cm³/mol. The van der Waals surface area contributed by atoms with E-state index in [-0.39, 0.29) is 29.0 Å². The molecule has 1 N–H and O–H groups in total. The van der Waals surface area contributed by atoms with Crippen LogP contribution >= 0.6 is 11.8 Å². The zero-order chi connectivity index (χ0) is 18.2. The molecule has 0 saturated heterocycles. The molecule has 3 unspecified atom stereocenters. The molecule has 1 aliphatic heterocycles. The number of carbonyl (C=O) groups is 1. The highest BCUT2D eigenvalue weighted by Crippen LogP contribution is 2.38. The van der Waals surface area contributed by atoms with Gasteiger partial charge in [-0.25, -0.2) is 4.98 Å². The van der Waals surface area contributed by atoms with Gasteiger partial charge in [-0.05, 0) is 37.0 Å². The molecule has 0 aromatic carbocycles. The number of hydrogen-bond donors (Lipinski definition) is 1. The smallest absolute Gasteiger partial charge is 0.254 e. The summed E-state index contributed by atoms with van der Waals surface area (Å²) in [6, 6.07) is 1.77. The molecule has 1 amide bonds. The zero-order valence-electron chi connectivity index (χ0n) is 15.7. The van der Waals surface area contributed by atoms with E-state index in [0.29, 0.717) is 12.3 Å². The van der Waals surface area contributed by atoms with Gasteiger partial charge in [-0.3, -0.25) is 14.2 Å². The molecule has 0 spiro atoms. The Kier molecular flexibility index (Phi) is 5.28. The quantitative estimate of drug-likeness (QED) is 0.835. The van der Waals surface area contributed by atoms with Crippen LogP contribution in [0.5, 0.6) is 0 Å². The van der Waals surface area contributed by atoms with Gasteiger partial charge in [-0.1, -0.05) is 39.5 Å². The highest BCUT2D eigenvalue weighted by molar-refractivity contribution is 7.99. The Labute approximate surface area is 154 Å². The van der Waals surface area contributed by atoms with E-state index in [1.165, 1.54) is 6.42 Å². The molecule has 1 saturated carbocycles. The fraction of sp³-hybridized carbons (Fsp3) is 0.737. The Bertz CT molecular complexity index is 713. The summed E-state index contributed by atoms with van der Waals surface area (Å²) in [5, 5.41) is 3.98. The summed E-state index contributed by atoms with van der Waals surface area (Å²) in [6.07, 6.45) is 4.41. The standard InChI is InChI=1S/C19H29N3O2S/c1-5-13-7-17(24)22-15(11-25-18(22)21-13)8-16(23)20-14-6-12(2)9-19(3,4)10-14/h7,12,14-15H,5-6,8-11H2,1-4H3,(H,20,23). The molecule has 3 rings (SSSR count). The molecule has 1 fully saturated rings. The van der Waals surface area contributed by atoms with Crippen molar-refractivity contribution in [1.29, 1.82) is 0 Å². The number of hydrogen-bond acceptors (Lipinski definition) is 4. The Morgan fingerprint density at radius 1 is 1.44 bits per heavy atom. The van der Waals surface area contributed by atoms with Crippen molar-refractivity contribution in [3.63, 3.8) is 0 Å². The molecule has 0 bridgehead atoms. The van der Waals surface area contributed by atoms with Crippen LogP contribution in [0.1, 0.15) is 65.1 Å². The van der Waals surface area contributed by atoms with E-state index < -0.39 is 0 Å². The average Bonchev–Trinajstić information content (AvgIpc) is 2.88. The summed E-state index contributed by atoms with van der Waals surface area (Å²) < 4.78 is 1.71. The normalized spacial score (nSPS) is 27.8. The lowest BCUT2D eigenvalue weighted by molar-refractivity contribution is -0.123. The molecular weight excluding hydrogens is 334 g/mol. The minimum absolute atomic E-state index is 0.0305. The van der Waals surface area contributed by atoms with Gasteiger partial charge in [0.15, 0.2) is 5.16 Å². The Balaban J connectivity index is 1.65. The number of aromatic nitrogens is 2. The maximum atomic E-state index is 12.6. The SMILES string of the molecule is CCc1cc(=O)n2c(n1)SCC2CC(=O)NC1CC(C)CC(C)(C)C1. The molecular formula is C19H29N3O2S. The number of nitrogens with zero attached hydrogens (tertiary/aromatic N) is 2. The second kappa shape index (κ2) is 7.14. The molecule has 1 aromatic heterocycles. The van der Waals surface area contributed by atoms with Crippen molar-refractivity contribution in [1.82, 2.24) is 14.9 Å². The van der Waals surface area contributed by atoms with Crippen LogP contribution < -0.4 is 10.9 Å². The van der Waals surface area contributed by atoms with Crippen molar-refractivity contribution in [3.05, 3.63) is 22.1 Å². The number of amides is 1. The van der Waals surface area contributed by atoms with E-state index in [1.807, 2.05) is 6.92 Å². The first-order valence-corrected chi connectivity index (χ1v) is 10.3. The van der Waals surface area contributed by atoms with Gasteiger partial charge in [0.25, 0.3) is 5.56 Å². The van der Waals surface area contributed by atoms with Crippen molar-refractivity contribution in [3.8, 4) is 0 Å². The Hall–Kier alpha value is -1.30. The first-order valence-electron chi connectivity index (χ1n) is 9.32. The minimum atomic E-state index is -0.0834. The van der Waals surface area contributed by atoms with Crippen molar-refractivity contribution in [2.75, 3.05) is 5.75 Å². The van der Waals surface area contributed by atoms with E-state index in [4.69, 9.17) is 0 Å². The lowest BCUT2D eigenvalue weighted by Gasteiger charge is -2.39. The first kappa shape index (κ1) is 18.5. The fourth-order valence-electron chi connectivity index (χ4n) is 4.49. The number of carbonyl (C=O) groups excluding carboxylic acids is 1. The van der Waals surface area contributed by atoms with Gasteiger partial charge in [0, 0.05) is 30.0 Å². The number of fused-ring (bicyclic) bond motifs is 1. The summed E-state index contributed by atoms with van der Waals surface area (Å²) >= 11 is 1.58. The zero-order valence-corrected chi connectivity index (χ0v) is 16.5. The van der Waals surface area contributed by atoms with E-state index in [1.54, 1.807) is 22.4 Å². The van der Waals surface area contributed by atoms with E-state index in [0.717, 1.165) is 35.9 Å². The molecule has 2 heterocycles. The van der Waals surface area contributed by atoms with E-state index in [9.17, 15) is 9.59 Å². The minimum Gasteiger partial charge on any atom is -0.353 e. The number of thioether (sulfide) groups is 1. The molecule has 6 heteroatoms. The third-order valence-electron chi connectivity index (χ3n) is 5.28. The summed E-state index contributed by atoms with van der Waals surface area (Å²) in [5.74, 6) is 1.44. The van der Waals surface area contributed by atoms with Crippen molar-refractivity contribution >= 4 is 17.7 Å². The lowest BCUT2D eigenvalue weighted by atomic mass is 9.70. The van der Waals surface area contributed by atoms with Crippen LogP contribution in [-0.4, -0.2) is 27.3 Å². The summed E-state index contributed by atoms with van der Waals surface area (Å²) in [5.41, 5.74) is 1.08.